The SMILES string of the molecule is CCOC(=O)COc1ccc(C(=O)C(Cc2ccc(OC)cc2)NC(=O)OC(C)(C)C)cc1. The van der Waals surface area contributed by atoms with Crippen molar-refractivity contribution in [3.05, 3.63) is 59.7 Å². The van der Waals surface area contributed by atoms with E-state index in [-0.39, 0.29) is 25.4 Å². The van der Waals surface area contributed by atoms with Gasteiger partial charge in [0.15, 0.2) is 12.4 Å². The third-order valence-corrected chi connectivity index (χ3v) is 4.41. The summed E-state index contributed by atoms with van der Waals surface area (Å²) in [5, 5.41) is 2.68. The van der Waals surface area contributed by atoms with E-state index in [2.05, 4.69) is 5.32 Å². The number of amides is 1. The Balaban J connectivity index is 2.15. The van der Waals surface area contributed by atoms with Crippen LogP contribution in [0.25, 0.3) is 0 Å². The zero-order chi connectivity index (χ0) is 24.4. The molecular weight excluding hydrogens is 426 g/mol. The number of methoxy groups -OCH3 is 1. The smallest absolute Gasteiger partial charge is 0.408 e. The van der Waals surface area contributed by atoms with Crippen LogP contribution in [-0.4, -0.2) is 49.8 Å². The molecule has 178 valence electrons. The monoisotopic (exact) mass is 457 g/mol. The number of alkyl carbamates (subject to hydrolysis) is 1. The van der Waals surface area contributed by atoms with Crippen molar-refractivity contribution in [1.82, 2.24) is 5.32 Å². The van der Waals surface area contributed by atoms with Gasteiger partial charge in [-0.25, -0.2) is 9.59 Å². The normalized spacial score (nSPS) is 11.8. The molecule has 1 unspecified atom stereocenters. The van der Waals surface area contributed by atoms with E-state index in [1.165, 1.54) is 0 Å². The summed E-state index contributed by atoms with van der Waals surface area (Å²) in [6.45, 7) is 7.02. The van der Waals surface area contributed by atoms with Crippen LogP contribution in [0.1, 0.15) is 43.6 Å². The van der Waals surface area contributed by atoms with Gasteiger partial charge in [0.2, 0.25) is 0 Å². The van der Waals surface area contributed by atoms with Crippen molar-refractivity contribution in [2.45, 2.75) is 45.8 Å². The van der Waals surface area contributed by atoms with Gasteiger partial charge in [-0.1, -0.05) is 12.1 Å². The van der Waals surface area contributed by atoms with Crippen LogP contribution in [0.3, 0.4) is 0 Å². The lowest BCUT2D eigenvalue weighted by molar-refractivity contribution is -0.145. The van der Waals surface area contributed by atoms with Crippen LogP contribution in [0.15, 0.2) is 48.5 Å². The maximum Gasteiger partial charge on any atom is 0.408 e. The number of hydrogen-bond acceptors (Lipinski definition) is 7. The first kappa shape index (κ1) is 25.7. The van der Waals surface area contributed by atoms with Gasteiger partial charge in [-0.2, -0.15) is 0 Å². The summed E-state index contributed by atoms with van der Waals surface area (Å²) in [5.74, 6) is 0.360. The summed E-state index contributed by atoms with van der Waals surface area (Å²) in [4.78, 5) is 37.0. The summed E-state index contributed by atoms with van der Waals surface area (Å²) < 4.78 is 20.7. The minimum Gasteiger partial charge on any atom is -0.497 e. The molecule has 1 atom stereocenters. The Morgan fingerprint density at radius 3 is 2.09 bits per heavy atom. The van der Waals surface area contributed by atoms with Crippen LogP contribution in [0.2, 0.25) is 0 Å². The maximum absolute atomic E-state index is 13.2. The fourth-order valence-electron chi connectivity index (χ4n) is 2.92. The van der Waals surface area contributed by atoms with Crippen LogP contribution in [0, 0.1) is 0 Å². The maximum atomic E-state index is 13.2. The summed E-state index contributed by atoms with van der Waals surface area (Å²) in [6, 6.07) is 12.8. The van der Waals surface area contributed by atoms with E-state index in [4.69, 9.17) is 18.9 Å². The number of esters is 1. The molecule has 8 nitrogen and oxygen atoms in total. The average molecular weight is 458 g/mol. The van der Waals surface area contributed by atoms with Crippen molar-refractivity contribution in [1.29, 1.82) is 0 Å². The van der Waals surface area contributed by atoms with Crippen LogP contribution < -0.4 is 14.8 Å². The summed E-state index contributed by atoms with van der Waals surface area (Å²) in [7, 11) is 1.57. The third-order valence-electron chi connectivity index (χ3n) is 4.41. The van der Waals surface area contributed by atoms with Crippen molar-refractivity contribution in [2.24, 2.45) is 0 Å². The van der Waals surface area contributed by atoms with Crippen molar-refractivity contribution in [3.63, 3.8) is 0 Å². The molecule has 0 fully saturated rings. The summed E-state index contributed by atoms with van der Waals surface area (Å²) in [5.41, 5.74) is 0.531. The Hall–Kier alpha value is -3.55. The molecule has 0 aromatic heterocycles. The topological polar surface area (TPSA) is 100 Å². The van der Waals surface area contributed by atoms with Gasteiger partial charge in [-0.05, 0) is 69.7 Å². The molecule has 0 bridgehead atoms. The zero-order valence-electron chi connectivity index (χ0n) is 19.7. The molecule has 0 aliphatic carbocycles. The third kappa shape index (κ3) is 8.84. The quantitative estimate of drug-likeness (QED) is 0.426. The fraction of sp³-hybridized carbons (Fsp3) is 0.400. The van der Waals surface area contributed by atoms with Gasteiger partial charge in [0.25, 0.3) is 0 Å². The molecule has 0 aliphatic heterocycles. The van der Waals surface area contributed by atoms with E-state index < -0.39 is 23.7 Å². The molecule has 0 aliphatic rings. The molecule has 8 heteroatoms. The van der Waals surface area contributed by atoms with Crippen molar-refractivity contribution in [3.8, 4) is 11.5 Å². The second-order valence-electron chi connectivity index (χ2n) is 8.23. The van der Waals surface area contributed by atoms with E-state index in [0.29, 0.717) is 17.1 Å². The number of hydrogen-bond donors (Lipinski definition) is 1. The van der Waals surface area contributed by atoms with Crippen LogP contribution >= 0.6 is 0 Å². The predicted octanol–water partition coefficient (Wildman–Crippen LogP) is 3.96. The highest BCUT2D eigenvalue weighted by atomic mass is 16.6. The highest BCUT2D eigenvalue weighted by molar-refractivity contribution is 6.01. The fourth-order valence-corrected chi connectivity index (χ4v) is 2.92. The van der Waals surface area contributed by atoms with Gasteiger partial charge in [0.1, 0.15) is 17.1 Å². The number of nitrogens with one attached hydrogen (secondary N) is 1. The molecule has 0 saturated carbocycles. The minimum atomic E-state index is -0.848. The van der Waals surface area contributed by atoms with E-state index in [9.17, 15) is 14.4 Å². The lowest BCUT2D eigenvalue weighted by Crippen LogP contribution is -2.44. The van der Waals surface area contributed by atoms with Gasteiger partial charge < -0.3 is 24.3 Å². The number of benzene rings is 2. The zero-order valence-corrected chi connectivity index (χ0v) is 19.7. The first-order valence-electron chi connectivity index (χ1n) is 10.7. The van der Waals surface area contributed by atoms with Crippen LogP contribution in [-0.2, 0) is 20.7 Å². The Labute approximate surface area is 194 Å². The molecule has 0 saturated heterocycles. The minimum absolute atomic E-state index is 0.221. The Kier molecular flexibility index (Phi) is 9.27. The number of carbonyl (C=O) groups excluding carboxylic acids is 3. The van der Waals surface area contributed by atoms with E-state index >= 15 is 0 Å². The Morgan fingerprint density at radius 2 is 1.55 bits per heavy atom. The predicted molar refractivity (Wildman–Crippen MR) is 123 cm³/mol. The second-order valence-corrected chi connectivity index (χ2v) is 8.23. The van der Waals surface area contributed by atoms with Gasteiger partial charge >= 0.3 is 12.1 Å². The molecule has 0 radical (unpaired) electrons. The van der Waals surface area contributed by atoms with E-state index in [0.717, 1.165) is 5.56 Å². The molecule has 33 heavy (non-hydrogen) atoms. The molecule has 2 aromatic carbocycles. The van der Waals surface area contributed by atoms with Crippen molar-refractivity contribution in [2.75, 3.05) is 20.3 Å². The van der Waals surface area contributed by atoms with Crippen molar-refractivity contribution >= 4 is 17.8 Å². The number of Topliss-reactive ketones (excluding diaryl/α,β-unsaturated/α-hetero) is 1. The molecule has 1 amide bonds. The number of ether oxygens (including phenoxy) is 4. The van der Waals surface area contributed by atoms with E-state index in [1.54, 1.807) is 71.2 Å². The first-order chi connectivity index (χ1) is 15.6. The van der Waals surface area contributed by atoms with Gasteiger partial charge in [-0.3, -0.25) is 4.79 Å². The number of carbonyl (C=O) groups is 3. The molecule has 0 spiro atoms. The van der Waals surface area contributed by atoms with Crippen LogP contribution in [0.5, 0.6) is 11.5 Å². The number of rotatable bonds is 10. The largest absolute Gasteiger partial charge is 0.497 e. The Bertz CT molecular complexity index is 931. The Morgan fingerprint density at radius 1 is 0.939 bits per heavy atom. The van der Waals surface area contributed by atoms with Gasteiger partial charge in [0, 0.05) is 12.0 Å². The highest BCUT2D eigenvalue weighted by Gasteiger charge is 2.25. The number of ketones is 1. The molecule has 2 aromatic rings. The molecule has 1 N–H and O–H groups in total. The van der Waals surface area contributed by atoms with Gasteiger partial charge in [-0.15, -0.1) is 0 Å². The molecular formula is C25H31NO7. The van der Waals surface area contributed by atoms with Crippen LogP contribution in [0.4, 0.5) is 4.79 Å². The van der Waals surface area contributed by atoms with Gasteiger partial charge in [0.05, 0.1) is 19.8 Å². The standard InChI is InChI=1S/C25H31NO7/c1-6-31-22(27)16-32-20-13-9-18(10-14-20)23(28)21(26-24(29)33-25(2,3)4)15-17-7-11-19(30-5)12-8-17/h7-14,21H,6,15-16H2,1-5H3,(H,26,29). The summed E-state index contributed by atoms with van der Waals surface area (Å²) >= 11 is 0. The second kappa shape index (κ2) is 11.9. The average Bonchev–Trinajstić information content (AvgIpc) is 2.76. The first-order valence-corrected chi connectivity index (χ1v) is 10.7. The van der Waals surface area contributed by atoms with E-state index in [1.807, 2.05) is 12.1 Å². The lowest BCUT2D eigenvalue weighted by Gasteiger charge is -2.23. The molecule has 0 heterocycles. The van der Waals surface area contributed by atoms with Crippen molar-refractivity contribution < 1.29 is 33.3 Å². The highest BCUT2D eigenvalue weighted by Crippen LogP contribution is 2.18. The summed E-state index contributed by atoms with van der Waals surface area (Å²) in [6.07, 6.45) is -0.410. The molecule has 2 rings (SSSR count). The lowest BCUT2D eigenvalue weighted by atomic mass is 9.97.